The van der Waals surface area contributed by atoms with Crippen molar-refractivity contribution in [2.24, 2.45) is 11.8 Å². The largest absolute Gasteiger partial charge is 0.481 e. The summed E-state index contributed by atoms with van der Waals surface area (Å²) in [4.78, 5) is 23.8. The van der Waals surface area contributed by atoms with E-state index in [2.05, 4.69) is 47.8 Å². The molecule has 6 heteroatoms. The summed E-state index contributed by atoms with van der Waals surface area (Å²) < 4.78 is 27.0. The zero-order valence-electron chi connectivity index (χ0n) is 21.4. The van der Waals surface area contributed by atoms with E-state index in [0.29, 0.717) is 24.7 Å². The number of fused-ring (bicyclic) bond motifs is 1. The maximum atomic E-state index is 13.5. The fourth-order valence-electron chi connectivity index (χ4n) is 6.11. The van der Waals surface area contributed by atoms with E-state index in [4.69, 9.17) is 5.11 Å². The summed E-state index contributed by atoms with van der Waals surface area (Å²) in [6, 6.07) is 18.3. The highest BCUT2D eigenvalue weighted by molar-refractivity contribution is 5.92. The monoisotopic (exact) mass is 517 g/mol. The van der Waals surface area contributed by atoms with Gasteiger partial charge in [0.25, 0.3) is 0 Å². The van der Waals surface area contributed by atoms with Crippen molar-refractivity contribution in [2.75, 3.05) is 5.32 Å². The summed E-state index contributed by atoms with van der Waals surface area (Å²) in [5, 5.41) is 11.7. The van der Waals surface area contributed by atoms with Crippen LogP contribution in [0.5, 0.6) is 0 Å². The number of aryl methyl sites for hydroxylation is 2. The van der Waals surface area contributed by atoms with Gasteiger partial charge in [-0.25, -0.2) is 8.78 Å². The van der Waals surface area contributed by atoms with Crippen LogP contribution in [0.3, 0.4) is 0 Å². The SMILES string of the molecule is O=C(O)CC1CCC(c2ccc(-c3ccc4c(c3)CCC(C(=O)Nc3cc(F)cc(F)c3)CC4)cc2)CC1. The number of aliphatic carboxylic acids is 1. The Hall–Kier alpha value is -3.54. The van der Waals surface area contributed by atoms with Crippen LogP contribution >= 0.6 is 0 Å². The molecular formula is C32H33F2NO3. The van der Waals surface area contributed by atoms with Gasteiger partial charge in [0.15, 0.2) is 0 Å². The summed E-state index contributed by atoms with van der Waals surface area (Å²) >= 11 is 0. The van der Waals surface area contributed by atoms with Crippen molar-refractivity contribution in [1.29, 1.82) is 0 Å². The number of benzene rings is 3. The quantitative estimate of drug-likeness (QED) is 0.333. The number of carboxylic acids is 1. The number of carboxylic acid groups (broad SMARTS) is 1. The van der Waals surface area contributed by atoms with E-state index in [1.54, 1.807) is 0 Å². The minimum absolute atomic E-state index is 0.147. The number of nitrogens with one attached hydrogen (secondary N) is 1. The van der Waals surface area contributed by atoms with E-state index in [9.17, 15) is 18.4 Å². The molecule has 4 nitrogen and oxygen atoms in total. The van der Waals surface area contributed by atoms with Crippen LogP contribution in [0.15, 0.2) is 60.7 Å². The maximum Gasteiger partial charge on any atom is 0.303 e. The van der Waals surface area contributed by atoms with E-state index in [0.717, 1.165) is 67.9 Å². The molecule has 1 atom stereocenters. The Kier molecular flexibility index (Phi) is 7.87. The molecule has 3 aromatic rings. The van der Waals surface area contributed by atoms with Crippen LogP contribution in [-0.4, -0.2) is 17.0 Å². The highest BCUT2D eigenvalue weighted by atomic mass is 19.1. The van der Waals surface area contributed by atoms with Crippen LogP contribution in [0.25, 0.3) is 11.1 Å². The predicted octanol–water partition coefficient (Wildman–Crippen LogP) is 7.51. The predicted molar refractivity (Wildman–Crippen MR) is 144 cm³/mol. The molecule has 2 aliphatic carbocycles. The lowest BCUT2D eigenvalue weighted by molar-refractivity contribution is -0.138. The molecule has 2 N–H and O–H groups in total. The molecule has 38 heavy (non-hydrogen) atoms. The van der Waals surface area contributed by atoms with Gasteiger partial charge in [-0.2, -0.15) is 0 Å². The van der Waals surface area contributed by atoms with Crippen molar-refractivity contribution >= 4 is 17.6 Å². The molecule has 0 spiro atoms. The molecule has 0 aliphatic heterocycles. The molecule has 0 bridgehead atoms. The summed E-state index contributed by atoms with van der Waals surface area (Å²) in [7, 11) is 0. The van der Waals surface area contributed by atoms with Gasteiger partial charge < -0.3 is 10.4 Å². The highest BCUT2D eigenvalue weighted by Gasteiger charge is 2.25. The van der Waals surface area contributed by atoms with Crippen LogP contribution in [0.2, 0.25) is 0 Å². The summed E-state index contributed by atoms with van der Waals surface area (Å²) in [5.74, 6) is -1.74. The Labute approximate surface area is 222 Å². The van der Waals surface area contributed by atoms with Crippen molar-refractivity contribution in [2.45, 2.75) is 63.7 Å². The summed E-state index contributed by atoms with van der Waals surface area (Å²) in [6.07, 6.45) is 7.25. The van der Waals surface area contributed by atoms with Crippen LogP contribution < -0.4 is 5.32 Å². The topological polar surface area (TPSA) is 66.4 Å². The molecule has 0 radical (unpaired) electrons. The first kappa shape index (κ1) is 26.1. The first-order valence-electron chi connectivity index (χ1n) is 13.5. The van der Waals surface area contributed by atoms with Gasteiger partial charge in [-0.05, 0) is 103 Å². The standard InChI is InChI=1S/C32H33F2NO3/c33-28-17-29(34)19-30(18-28)35-32(38)25-11-9-24-10-13-26(16-27(24)14-12-25)23-7-5-22(6-8-23)21-3-1-20(2-4-21)15-31(36)37/h5-8,10,13,16-21,25H,1-4,9,11-12,14-15H2,(H,35,38)(H,36,37). The number of hydrogen-bond acceptors (Lipinski definition) is 2. The summed E-state index contributed by atoms with van der Waals surface area (Å²) in [6.45, 7) is 0. The van der Waals surface area contributed by atoms with Crippen LogP contribution in [0.4, 0.5) is 14.5 Å². The molecule has 2 aliphatic rings. The lowest BCUT2D eigenvalue weighted by atomic mass is 9.77. The Morgan fingerprint density at radius 1 is 0.763 bits per heavy atom. The number of amides is 1. The maximum absolute atomic E-state index is 13.5. The molecule has 1 saturated carbocycles. The lowest BCUT2D eigenvalue weighted by Gasteiger charge is -2.28. The normalized spacial score (nSPS) is 21.3. The number of halogens is 2. The van der Waals surface area contributed by atoms with Crippen LogP contribution in [0, 0.1) is 23.5 Å². The Morgan fingerprint density at radius 2 is 1.39 bits per heavy atom. The number of anilines is 1. The van der Waals surface area contributed by atoms with E-state index in [1.807, 2.05) is 0 Å². The van der Waals surface area contributed by atoms with E-state index >= 15 is 0 Å². The van der Waals surface area contributed by atoms with E-state index in [-0.39, 0.29) is 23.9 Å². The Bertz CT molecular complexity index is 1290. The second-order valence-electron chi connectivity index (χ2n) is 10.8. The van der Waals surface area contributed by atoms with Gasteiger partial charge in [0.1, 0.15) is 11.6 Å². The number of rotatable bonds is 6. The first-order valence-corrected chi connectivity index (χ1v) is 13.5. The fourth-order valence-corrected chi connectivity index (χ4v) is 6.11. The third-order valence-electron chi connectivity index (χ3n) is 8.26. The minimum Gasteiger partial charge on any atom is -0.481 e. The van der Waals surface area contributed by atoms with Gasteiger partial charge in [0, 0.05) is 24.1 Å². The highest BCUT2D eigenvalue weighted by Crippen LogP contribution is 2.38. The zero-order valence-corrected chi connectivity index (χ0v) is 21.4. The Balaban J connectivity index is 1.21. The zero-order chi connectivity index (χ0) is 26.6. The van der Waals surface area contributed by atoms with Crippen LogP contribution in [0.1, 0.15) is 67.6 Å². The molecule has 5 rings (SSSR count). The third kappa shape index (κ3) is 6.29. The van der Waals surface area contributed by atoms with Crippen molar-refractivity contribution in [3.63, 3.8) is 0 Å². The lowest BCUT2D eigenvalue weighted by Crippen LogP contribution is -2.23. The van der Waals surface area contributed by atoms with Crippen molar-refractivity contribution in [3.8, 4) is 11.1 Å². The average molecular weight is 518 g/mol. The van der Waals surface area contributed by atoms with Gasteiger partial charge in [-0.1, -0.05) is 42.5 Å². The molecule has 0 aromatic heterocycles. The molecular weight excluding hydrogens is 484 g/mol. The van der Waals surface area contributed by atoms with Crippen molar-refractivity contribution < 1.29 is 23.5 Å². The number of hydrogen-bond donors (Lipinski definition) is 2. The molecule has 1 amide bonds. The molecule has 198 valence electrons. The smallest absolute Gasteiger partial charge is 0.303 e. The molecule has 3 aromatic carbocycles. The first-order chi connectivity index (χ1) is 18.3. The van der Waals surface area contributed by atoms with Gasteiger partial charge in [0.05, 0.1) is 0 Å². The van der Waals surface area contributed by atoms with Crippen molar-refractivity contribution in [1.82, 2.24) is 0 Å². The third-order valence-corrected chi connectivity index (χ3v) is 8.26. The summed E-state index contributed by atoms with van der Waals surface area (Å²) in [5.41, 5.74) is 6.27. The van der Waals surface area contributed by atoms with Crippen molar-refractivity contribution in [3.05, 3.63) is 89.0 Å². The molecule has 1 unspecified atom stereocenters. The minimum atomic E-state index is -0.711. The fraction of sp³-hybridized carbons (Fsp3) is 0.375. The average Bonchev–Trinajstić information content (AvgIpc) is 3.11. The molecule has 1 fully saturated rings. The Morgan fingerprint density at radius 3 is 2.05 bits per heavy atom. The molecule has 0 heterocycles. The van der Waals surface area contributed by atoms with Gasteiger partial charge in [-0.15, -0.1) is 0 Å². The van der Waals surface area contributed by atoms with E-state index < -0.39 is 17.6 Å². The molecule has 0 saturated heterocycles. The number of carbonyl (C=O) groups is 2. The second-order valence-corrected chi connectivity index (χ2v) is 10.8. The number of carbonyl (C=O) groups excluding carboxylic acids is 1. The van der Waals surface area contributed by atoms with Gasteiger partial charge >= 0.3 is 5.97 Å². The van der Waals surface area contributed by atoms with E-state index in [1.165, 1.54) is 16.7 Å². The van der Waals surface area contributed by atoms with Crippen LogP contribution in [-0.2, 0) is 22.4 Å². The second kappa shape index (κ2) is 11.5. The van der Waals surface area contributed by atoms with Gasteiger partial charge in [-0.3, -0.25) is 9.59 Å². The van der Waals surface area contributed by atoms with Gasteiger partial charge in [0.2, 0.25) is 5.91 Å².